The maximum Gasteiger partial charge on any atom is 0.419 e. The fraction of sp³-hybridized carbons (Fsp3) is 0.0909. The van der Waals surface area contributed by atoms with Crippen molar-refractivity contribution < 1.29 is 22.7 Å². The minimum atomic E-state index is -4.63. The summed E-state index contributed by atoms with van der Waals surface area (Å²) < 4.78 is 44.2. The number of hydrogen-bond donors (Lipinski definition) is 2. The van der Waals surface area contributed by atoms with E-state index in [9.17, 15) is 18.0 Å². The van der Waals surface area contributed by atoms with Gasteiger partial charge in [0, 0.05) is 16.8 Å². The normalized spacial score (nSPS) is 11.5. The number of H-pyrrole nitrogens is 1. The van der Waals surface area contributed by atoms with Gasteiger partial charge in [0.25, 0.3) is 5.91 Å². The lowest BCUT2D eigenvalue weighted by molar-refractivity contribution is -0.138. The number of benzene rings is 3. The van der Waals surface area contributed by atoms with Gasteiger partial charge in [-0.3, -0.25) is 4.79 Å². The van der Waals surface area contributed by atoms with E-state index in [-0.39, 0.29) is 11.3 Å². The number of amides is 1. The van der Waals surface area contributed by atoms with Crippen molar-refractivity contribution in [3.8, 4) is 17.1 Å². The lowest BCUT2D eigenvalue weighted by atomic mass is 10.1. The number of imidazole rings is 1. The maximum atomic E-state index is 13.2. The number of aromatic amines is 1. The van der Waals surface area contributed by atoms with Gasteiger partial charge in [0.05, 0.1) is 23.7 Å². The molecule has 8 heteroatoms. The van der Waals surface area contributed by atoms with Crippen LogP contribution < -0.4 is 10.1 Å². The van der Waals surface area contributed by atoms with E-state index in [0.29, 0.717) is 11.5 Å². The van der Waals surface area contributed by atoms with Crippen molar-refractivity contribution in [2.45, 2.75) is 6.18 Å². The van der Waals surface area contributed by atoms with E-state index in [1.807, 2.05) is 24.3 Å². The monoisotopic (exact) mass is 411 g/mol. The molecule has 4 aromatic rings. The summed E-state index contributed by atoms with van der Waals surface area (Å²) >= 11 is 0. The van der Waals surface area contributed by atoms with Gasteiger partial charge in [-0.15, -0.1) is 0 Å². The summed E-state index contributed by atoms with van der Waals surface area (Å²) in [7, 11) is 1.15. The fourth-order valence-electron chi connectivity index (χ4n) is 3.07. The molecule has 1 heterocycles. The van der Waals surface area contributed by atoms with Gasteiger partial charge >= 0.3 is 6.18 Å². The zero-order valence-corrected chi connectivity index (χ0v) is 15.7. The van der Waals surface area contributed by atoms with E-state index >= 15 is 0 Å². The SMILES string of the molecule is COc1ccc(C(=O)Nc2ccc(-c3nc4ccccc4[nH]3)cc2)cc1C(F)(F)F. The van der Waals surface area contributed by atoms with Gasteiger partial charge in [0.15, 0.2) is 0 Å². The van der Waals surface area contributed by atoms with Crippen LogP contribution in [0, 0.1) is 0 Å². The Bertz CT molecular complexity index is 1180. The predicted octanol–water partition coefficient (Wildman–Crippen LogP) is 5.51. The molecule has 30 heavy (non-hydrogen) atoms. The highest BCUT2D eigenvalue weighted by molar-refractivity contribution is 6.04. The number of ether oxygens (including phenoxy) is 1. The Morgan fingerprint density at radius 2 is 1.77 bits per heavy atom. The molecule has 5 nitrogen and oxygen atoms in total. The quantitative estimate of drug-likeness (QED) is 0.465. The Hall–Kier alpha value is -3.81. The summed E-state index contributed by atoms with van der Waals surface area (Å²) in [6, 6.07) is 17.7. The summed E-state index contributed by atoms with van der Waals surface area (Å²) in [4.78, 5) is 20.1. The van der Waals surface area contributed by atoms with Crippen molar-refractivity contribution >= 4 is 22.6 Å². The summed E-state index contributed by atoms with van der Waals surface area (Å²) in [5, 5.41) is 2.60. The van der Waals surface area contributed by atoms with Crippen molar-refractivity contribution in [2.75, 3.05) is 12.4 Å². The molecule has 2 N–H and O–H groups in total. The third-order valence-corrected chi connectivity index (χ3v) is 4.57. The topological polar surface area (TPSA) is 67.0 Å². The Labute approximate surface area is 169 Å². The Morgan fingerprint density at radius 3 is 2.43 bits per heavy atom. The van der Waals surface area contributed by atoms with E-state index in [0.717, 1.165) is 35.8 Å². The highest BCUT2D eigenvalue weighted by Crippen LogP contribution is 2.36. The van der Waals surface area contributed by atoms with Crippen LogP contribution in [0.2, 0.25) is 0 Å². The van der Waals surface area contributed by atoms with Gasteiger partial charge in [0.1, 0.15) is 11.6 Å². The first-order valence-electron chi connectivity index (χ1n) is 8.97. The molecule has 0 saturated carbocycles. The zero-order chi connectivity index (χ0) is 21.3. The number of hydrogen-bond acceptors (Lipinski definition) is 3. The van der Waals surface area contributed by atoms with E-state index in [2.05, 4.69) is 15.3 Å². The maximum absolute atomic E-state index is 13.2. The first-order valence-corrected chi connectivity index (χ1v) is 8.97. The van der Waals surface area contributed by atoms with Gasteiger partial charge in [-0.25, -0.2) is 4.98 Å². The number of halogens is 3. The van der Waals surface area contributed by atoms with Gasteiger partial charge < -0.3 is 15.0 Å². The van der Waals surface area contributed by atoms with Crippen LogP contribution >= 0.6 is 0 Å². The van der Waals surface area contributed by atoms with Crippen LogP contribution in [0.1, 0.15) is 15.9 Å². The molecular weight excluding hydrogens is 395 g/mol. The van der Waals surface area contributed by atoms with Crippen LogP contribution in [0.5, 0.6) is 5.75 Å². The van der Waals surface area contributed by atoms with Crippen LogP contribution in [0.25, 0.3) is 22.4 Å². The second kappa shape index (κ2) is 7.55. The van der Waals surface area contributed by atoms with Crippen molar-refractivity contribution in [1.82, 2.24) is 9.97 Å². The molecule has 0 bridgehead atoms. The lowest BCUT2D eigenvalue weighted by Crippen LogP contribution is -2.14. The molecule has 0 spiro atoms. The lowest BCUT2D eigenvalue weighted by Gasteiger charge is -2.13. The average Bonchev–Trinajstić information content (AvgIpc) is 3.17. The molecule has 1 aromatic heterocycles. The molecular formula is C22H16F3N3O2. The van der Waals surface area contributed by atoms with Crippen molar-refractivity contribution in [1.29, 1.82) is 0 Å². The standard InChI is InChI=1S/C22H16F3N3O2/c1-30-19-11-8-14(12-16(19)22(23,24)25)21(29)26-15-9-6-13(7-10-15)20-27-17-4-2-3-5-18(17)28-20/h2-12H,1H3,(H,26,29)(H,27,28). The van der Waals surface area contributed by atoms with Crippen LogP contribution in [0.15, 0.2) is 66.7 Å². The number of aromatic nitrogens is 2. The van der Waals surface area contributed by atoms with Gasteiger partial charge in [0.2, 0.25) is 0 Å². The van der Waals surface area contributed by atoms with Crippen LogP contribution in [-0.2, 0) is 6.18 Å². The molecule has 0 fully saturated rings. The third kappa shape index (κ3) is 3.84. The Kier molecular flexibility index (Phi) is 4.91. The number of methoxy groups -OCH3 is 1. The average molecular weight is 411 g/mol. The number of carbonyl (C=O) groups excluding carboxylic acids is 1. The van der Waals surface area contributed by atoms with E-state index in [1.54, 1.807) is 24.3 Å². The molecule has 0 unspecified atom stereocenters. The first kappa shape index (κ1) is 19.5. The van der Waals surface area contributed by atoms with Crippen molar-refractivity contribution in [2.24, 2.45) is 0 Å². The molecule has 0 saturated heterocycles. The van der Waals surface area contributed by atoms with E-state index < -0.39 is 17.6 Å². The molecule has 0 radical (unpaired) electrons. The number of alkyl halides is 3. The minimum Gasteiger partial charge on any atom is -0.496 e. The van der Waals surface area contributed by atoms with E-state index in [4.69, 9.17) is 4.74 Å². The second-order valence-corrected chi connectivity index (χ2v) is 6.55. The molecule has 1 amide bonds. The number of nitrogens with one attached hydrogen (secondary N) is 2. The molecule has 0 aliphatic heterocycles. The van der Waals surface area contributed by atoms with Crippen molar-refractivity contribution in [3.05, 3.63) is 77.9 Å². The van der Waals surface area contributed by atoms with Crippen LogP contribution in [0.3, 0.4) is 0 Å². The smallest absolute Gasteiger partial charge is 0.419 e. The van der Waals surface area contributed by atoms with Gasteiger partial charge in [-0.2, -0.15) is 13.2 Å². The first-order chi connectivity index (χ1) is 14.3. The third-order valence-electron chi connectivity index (χ3n) is 4.57. The van der Waals surface area contributed by atoms with Crippen LogP contribution in [0.4, 0.5) is 18.9 Å². The van der Waals surface area contributed by atoms with E-state index in [1.165, 1.54) is 6.07 Å². The van der Waals surface area contributed by atoms with Gasteiger partial charge in [-0.1, -0.05) is 12.1 Å². The minimum absolute atomic E-state index is 0.121. The molecule has 0 aliphatic rings. The van der Waals surface area contributed by atoms with Crippen molar-refractivity contribution in [3.63, 3.8) is 0 Å². The molecule has 0 aliphatic carbocycles. The summed E-state index contributed by atoms with van der Waals surface area (Å²) in [5.41, 5.74) is 1.88. The van der Waals surface area contributed by atoms with Crippen LogP contribution in [-0.4, -0.2) is 23.0 Å². The highest BCUT2D eigenvalue weighted by atomic mass is 19.4. The predicted molar refractivity (Wildman–Crippen MR) is 107 cm³/mol. The number of para-hydroxylation sites is 2. The molecule has 4 rings (SSSR count). The van der Waals surface area contributed by atoms with Gasteiger partial charge in [-0.05, 0) is 54.6 Å². The zero-order valence-electron chi connectivity index (χ0n) is 15.7. The second-order valence-electron chi connectivity index (χ2n) is 6.55. The number of nitrogens with zero attached hydrogens (tertiary/aromatic N) is 1. The molecule has 0 atom stereocenters. The number of anilines is 1. The Balaban J connectivity index is 1.54. The number of fused-ring (bicyclic) bond motifs is 1. The molecule has 3 aromatic carbocycles. The highest BCUT2D eigenvalue weighted by Gasteiger charge is 2.35. The fourth-order valence-corrected chi connectivity index (χ4v) is 3.07. The number of carbonyl (C=O) groups is 1. The number of rotatable bonds is 4. The summed E-state index contributed by atoms with van der Waals surface area (Å²) in [6.07, 6.45) is -4.63. The summed E-state index contributed by atoms with van der Waals surface area (Å²) in [5.74, 6) is -0.312. The Morgan fingerprint density at radius 1 is 1.03 bits per heavy atom. The largest absolute Gasteiger partial charge is 0.496 e. The summed E-state index contributed by atoms with van der Waals surface area (Å²) in [6.45, 7) is 0. The molecule has 152 valence electrons.